The van der Waals surface area contributed by atoms with E-state index in [2.05, 4.69) is 56.7 Å². The molecule has 6 N–H and O–H groups in total. The van der Waals surface area contributed by atoms with E-state index in [9.17, 15) is 28.8 Å². The van der Waals surface area contributed by atoms with Crippen LogP contribution in [0.5, 0.6) is 0 Å². The second-order valence-electron chi connectivity index (χ2n) is 13.6. The van der Waals surface area contributed by atoms with Gasteiger partial charge in [-0.2, -0.15) is 0 Å². The minimum atomic E-state index is -0.378. The highest BCUT2D eigenvalue weighted by Gasteiger charge is 2.17. The maximum absolute atomic E-state index is 13.0. The number of rotatable bonds is 0. The Morgan fingerprint density at radius 1 is 0.321 bits per heavy atom. The lowest BCUT2D eigenvalue weighted by atomic mass is 10.2. The van der Waals surface area contributed by atoms with Crippen molar-refractivity contribution in [3.05, 3.63) is 88.8 Å². The summed E-state index contributed by atoms with van der Waals surface area (Å²) >= 11 is 0. The van der Waals surface area contributed by atoms with Crippen molar-refractivity contribution in [3.8, 4) is 0 Å². The SMILES string of the molecule is O=C1NCCCN2CCCNC(=O)c3cccc(n3)C(=O)NCCCN(CCCNC(=O)c3cccc1n3)CCCNC(=O)c1cccc(n1)C(=O)NCCC2. The van der Waals surface area contributed by atoms with E-state index in [0.717, 1.165) is 0 Å². The van der Waals surface area contributed by atoms with Crippen molar-refractivity contribution in [2.24, 2.45) is 0 Å². The fourth-order valence-corrected chi connectivity index (χ4v) is 6.30. The molecule has 0 unspecified atom stereocenters. The summed E-state index contributed by atoms with van der Waals surface area (Å²) < 4.78 is 0. The molecule has 0 spiro atoms. The van der Waals surface area contributed by atoms with E-state index < -0.39 is 0 Å². The molecule has 0 saturated heterocycles. The molecule has 3 aliphatic rings. The van der Waals surface area contributed by atoms with Gasteiger partial charge in [-0.1, -0.05) is 18.2 Å². The summed E-state index contributed by atoms with van der Waals surface area (Å²) in [5, 5.41) is 17.4. The zero-order chi connectivity index (χ0) is 39.5. The van der Waals surface area contributed by atoms with Gasteiger partial charge in [0, 0.05) is 39.3 Å². The Balaban J connectivity index is 1.35. The van der Waals surface area contributed by atoms with Gasteiger partial charge in [0.15, 0.2) is 0 Å². The Hall–Kier alpha value is -5.81. The van der Waals surface area contributed by atoms with Crippen LogP contribution in [0.3, 0.4) is 0 Å². The van der Waals surface area contributed by atoms with Gasteiger partial charge < -0.3 is 41.7 Å². The molecule has 298 valence electrons. The molecule has 0 aliphatic carbocycles. The number of hydrogen-bond donors (Lipinski definition) is 6. The Kier molecular flexibility index (Phi) is 16.2. The van der Waals surface area contributed by atoms with E-state index >= 15 is 0 Å². The van der Waals surface area contributed by atoms with Gasteiger partial charge in [0.05, 0.1) is 0 Å². The molecule has 0 aromatic carbocycles. The lowest BCUT2D eigenvalue weighted by Crippen LogP contribution is -2.36. The largest absolute Gasteiger partial charge is 0.351 e. The molecule has 17 heteroatoms. The smallest absolute Gasteiger partial charge is 0.269 e. The molecule has 8 bridgehead atoms. The molecule has 17 nitrogen and oxygen atoms in total. The topological polar surface area (TPSA) is 220 Å². The first kappa shape index (κ1) is 41.4. The molecule has 3 aromatic heterocycles. The number of carbonyl (C=O) groups is 6. The summed E-state index contributed by atoms with van der Waals surface area (Å²) in [5.41, 5.74) is 0.876. The first-order chi connectivity index (χ1) is 27.3. The lowest BCUT2D eigenvalue weighted by Gasteiger charge is -2.23. The first-order valence-electron chi connectivity index (χ1n) is 19.3. The van der Waals surface area contributed by atoms with Crippen molar-refractivity contribution >= 4 is 35.4 Å². The summed E-state index contributed by atoms with van der Waals surface area (Å²) in [6.45, 7) is 5.89. The monoisotopic (exact) mass is 769 g/mol. The van der Waals surface area contributed by atoms with E-state index in [1.807, 2.05) is 0 Å². The van der Waals surface area contributed by atoms with Crippen LogP contribution in [0.2, 0.25) is 0 Å². The van der Waals surface area contributed by atoms with Crippen molar-refractivity contribution in [2.45, 2.75) is 38.5 Å². The number of carbonyl (C=O) groups excluding carboxylic acids is 6. The van der Waals surface area contributed by atoms with Crippen LogP contribution >= 0.6 is 0 Å². The quantitative estimate of drug-likeness (QED) is 0.186. The number of fused-ring (bicyclic) bond motifs is 24. The van der Waals surface area contributed by atoms with Gasteiger partial charge in [0.25, 0.3) is 35.4 Å². The van der Waals surface area contributed by atoms with Crippen LogP contribution in [-0.4, -0.2) is 139 Å². The predicted octanol–water partition coefficient (Wildman–Crippen LogP) is 0.623. The molecule has 0 saturated carbocycles. The number of pyridine rings is 3. The van der Waals surface area contributed by atoms with Crippen LogP contribution < -0.4 is 31.9 Å². The third-order valence-electron chi connectivity index (χ3n) is 9.26. The third kappa shape index (κ3) is 13.2. The highest BCUT2D eigenvalue weighted by Crippen LogP contribution is 2.06. The number of aromatic nitrogens is 3. The predicted molar refractivity (Wildman–Crippen MR) is 207 cm³/mol. The fourth-order valence-electron chi connectivity index (χ4n) is 6.30. The second-order valence-corrected chi connectivity index (χ2v) is 13.6. The zero-order valence-corrected chi connectivity index (χ0v) is 31.6. The van der Waals surface area contributed by atoms with Gasteiger partial charge in [0.1, 0.15) is 34.2 Å². The number of hydrogen-bond acceptors (Lipinski definition) is 11. The van der Waals surface area contributed by atoms with Crippen LogP contribution in [0.1, 0.15) is 101 Å². The summed E-state index contributed by atoms with van der Waals surface area (Å²) in [6, 6.07) is 14.3. The molecule has 56 heavy (non-hydrogen) atoms. The normalized spacial score (nSPS) is 21.0. The van der Waals surface area contributed by atoms with Gasteiger partial charge >= 0.3 is 0 Å². The van der Waals surface area contributed by atoms with E-state index in [-0.39, 0.29) is 69.6 Å². The van der Waals surface area contributed by atoms with Gasteiger partial charge in [-0.25, -0.2) is 15.0 Å². The maximum atomic E-state index is 13.0. The second kappa shape index (κ2) is 21.9. The van der Waals surface area contributed by atoms with Crippen LogP contribution in [0.25, 0.3) is 0 Å². The first-order valence-corrected chi connectivity index (χ1v) is 19.3. The minimum absolute atomic E-state index is 0.146. The molecule has 6 rings (SSSR count). The molecule has 0 radical (unpaired) electrons. The molecule has 0 fully saturated rings. The van der Waals surface area contributed by atoms with Gasteiger partial charge in [-0.05, 0) is 114 Å². The molecular weight excluding hydrogens is 718 g/mol. The number of nitrogens with one attached hydrogen (secondary N) is 6. The highest BCUT2D eigenvalue weighted by molar-refractivity contribution is 5.97. The molecular formula is C39H51N11O6. The van der Waals surface area contributed by atoms with E-state index in [1.54, 1.807) is 54.6 Å². The third-order valence-corrected chi connectivity index (χ3v) is 9.26. The summed E-state index contributed by atoms with van der Waals surface area (Å²) in [5.74, 6) is -2.27. The zero-order valence-electron chi connectivity index (χ0n) is 31.6. The van der Waals surface area contributed by atoms with Crippen LogP contribution in [-0.2, 0) is 0 Å². The van der Waals surface area contributed by atoms with E-state index in [4.69, 9.17) is 0 Å². The number of amides is 6. The fraction of sp³-hybridized carbons (Fsp3) is 0.462. The average molecular weight is 770 g/mol. The van der Waals surface area contributed by atoms with Crippen molar-refractivity contribution in [2.75, 3.05) is 78.5 Å². The Morgan fingerprint density at radius 2 is 0.500 bits per heavy atom. The Labute approximate surface area is 326 Å². The van der Waals surface area contributed by atoms with Gasteiger partial charge in [0.2, 0.25) is 0 Å². The maximum Gasteiger partial charge on any atom is 0.269 e. The lowest BCUT2D eigenvalue weighted by molar-refractivity contribution is 0.0928. The minimum Gasteiger partial charge on any atom is -0.351 e. The van der Waals surface area contributed by atoms with Gasteiger partial charge in [-0.15, -0.1) is 0 Å². The van der Waals surface area contributed by atoms with Crippen molar-refractivity contribution in [1.29, 1.82) is 0 Å². The molecule has 6 amide bonds. The summed E-state index contributed by atoms with van der Waals surface area (Å²) in [6.07, 6.45) is 3.66. The van der Waals surface area contributed by atoms with E-state index in [0.29, 0.717) is 117 Å². The standard InChI is InChI=1S/C39H51N11O6/c51-34-28-10-1-11-29(46-28)35(52)41-17-5-23-50-25-7-19-43-37(54)31-13-2-12-30(47-31)36(53)42-18-6-24-49(22-4-16-40-34)26-8-20-44-38(55)32-14-3-15-33(48-32)39(56)45-21-9-27-50/h1-3,10-15H,4-9,16-27H2,(H,40,51)(H,41,52)(H,42,53)(H,43,54)(H,44,55)(H,45,56). The van der Waals surface area contributed by atoms with Crippen LogP contribution in [0, 0.1) is 0 Å². The summed E-state index contributed by atoms with van der Waals surface area (Å²) in [7, 11) is 0. The van der Waals surface area contributed by atoms with Crippen LogP contribution in [0.4, 0.5) is 0 Å². The van der Waals surface area contributed by atoms with Crippen molar-refractivity contribution in [1.82, 2.24) is 56.7 Å². The molecule has 0 atom stereocenters. The highest BCUT2D eigenvalue weighted by atomic mass is 16.2. The summed E-state index contributed by atoms with van der Waals surface area (Å²) in [4.78, 5) is 95.2. The Morgan fingerprint density at radius 3 is 0.679 bits per heavy atom. The van der Waals surface area contributed by atoms with Crippen molar-refractivity contribution in [3.63, 3.8) is 0 Å². The number of nitrogens with zero attached hydrogens (tertiary/aromatic N) is 5. The average Bonchev–Trinajstić information content (AvgIpc) is 3.22. The van der Waals surface area contributed by atoms with E-state index in [1.165, 1.54) is 0 Å². The van der Waals surface area contributed by atoms with Crippen molar-refractivity contribution < 1.29 is 28.8 Å². The molecule has 3 aromatic rings. The Bertz CT molecular complexity index is 1510. The molecule has 3 aliphatic heterocycles. The molecule has 6 heterocycles. The van der Waals surface area contributed by atoms with Gasteiger partial charge in [-0.3, -0.25) is 28.8 Å². The van der Waals surface area contributed by atoms with Crippen LogP contribution in [0.15, 0.2) is 54.6 Å².